The van der Waals surface area contributed by atoms with Gasteiger partial charge in [-0.1, -0.05) is 13.8 Å². The molecule has 0 unspecified atom stereocenters. The van der Waals surface area contributed by atoms with Crippen LogP contribution < -0.4 is 10.6 Å². The Bertz CT molecular complexity index is 433. The molecule has 1 aromatic heterocycles. The van der Waals surface area contributed by atoms with Gasteiger partial charge in [0.25, 0.3) is 0 Å². The van der Waals surface area contributed by atoms with E-state index in [0.717, 1.165) is 42.4 Å². The third kappa shape index (κ3) is 2.82. The maximum Gasteiger partial charge on any atom is 0.135 e. The van der Waals surface area contributed by atoms with Crippen molar-refractivity contribution in [2.75, 3.05) is 17.2 Å². The molecule has 2 rings (SSSR count). The van der Waals surface area contributed by atoms with E-state index in [0.29, 0.717) is 0 Å². The molecule has 1 fully saturated rings. The standard InChI is InChI=1S/C15H26N4/c1-5-12-17-13(16-7-3)11(4)14(18-12)19-15(6-2)9-8-10-15/h5-10H2,1-4H3,(H2,16,17,18,19). The summed E-state index contributed by atoms with van der Waals surface area (Å²) in [6, 6.07) is 0. The van der Waals surface area contributed by atoms with Gasteiger partial charge in [-0.25, -0.2) is 9.97 Å². The molecule has 0 bridgehead atoms. The van der Waals surface area contributed by atoms with E-state index < -0.39 is 0 Å². The molecule has 2 N–H and O–H groups in total. The van der Waals surface area contributed by atoms with E-state index in [1.54, 1.807) is 0 Å². The van der Waals surface area contributed by atoms with Crippen LogP contribution in [0.4, 0.5) is 11.6 Å². The van der Waals surface area contributed by atoms with Crippen LogP contribution in [0.1, 0.15) is 57.8 Å². The van der Waals surface area contributed by atoms with Crippen molar-refractivity contribution in [3.63, 3.8) is 0 Å². The van der Waals surface area contributed by atoms with Crippen LogP contribution in [0.15, 0.2) is 0 Å². The summed E-state index contributed by atoms with van der Waals surface area (Å²) in [5.74, 6) is 2.90. The summed E-state index contributed by atoms with van der Waals surface area (Å²) < 4.78 is 0. The van der Waals surface area contributed by atoms with Gasteiger partial charge in [0.1, 0.15) is 17.5 Å². The molecule has 1 aliphatic carbocycles. The fraction of sp³-hybridized carbons (Fsp3) is 0.733. The normalized spacial score (nSPS) is 16.8. The zero-order valence-electron chi connectivity index (χ0n) is 12.6. The molecule has 4 heteroatoms. The molecule has 0 spiro atoms. The lowest BCUT2D eigenvalue weighted by Gasteiger charge is -2.42. The Morgan fingerprint density at radius 3 is 2.26 bits per heavy atom. The molecule has 0 aromatic carbocycles. The number of nitrogens with one attached hydrogen (secondary N) is 2. The van der Waals surface area contributed by atoms with E-state index >= 15 is 0 Å². The lowest BCUT2D eigenvalue weighted by Crippen LogP contribution is -2.44. The van der Waals surface area contributed by atoms with Crippen LogP contribution >= 0.6 is 0 Å². The maximum absolute atomic E-state index is 4.69. The maximum atomic E-state index is 4.69. The molecular weight excluding hydrogens is 236 g/mol. The van der Waals surface area contributed by atoms with Gasteiger partial charge in [0.05, 0.1) is 0 Å². The average molecular weight is 262 g/mol. The first-order chi connectivity index (χ1) is 9.14. The number of hydrogen-bond donors (Lipinski definition) is 2. The Labute approximate surface area is 116 Å². The first kappa shape index (κ1) is 14.1. The highest BCUT2D eigenvalue weighted by atomic mass is 15.1. The predicted octanol–water partition coefficient (Wildman–Crippen LogP) is 3.52. The third-order valence-corrected chi connectivity index (χ3v) is 4.22. The van der Waals surface area contributed by atoms with Gasteiger partial charge in [0.15, 0.2) is 0 Å². The van der Waals surface area contributed by atoms with Gasteiger partial charge in [-0.05, 0) is 39.5 Å². The van der Waals surface area contributed by atoms with Gasteiger partial charge in [0.2, 0.25) is 0 Å². The second-order valence-corrected chi connectivity index (χ2v) is 5.46. The van der Waals surface area contributed by atoms with E-state index in [1.807, 2.05) is 0 Å². The van der Waals surface area contributed by atoms with Gasteiger partial charge < -0.3 is 10.6 Å². The van der Waals surface area contributed by atoms with E-state index in [2.05, 4.69) is 48.3 Å². The van der Waals surface area contributed by atoms with Crippen LogP contribution in [0.5, 0.6) is 0 Å². The summed E-state index contributed by atoms with van der Waals surface area (Å²) in [5.41, 5.74) is 1.41. The minimum Gasteiger partial charge on any atom is -0.370 e. The van der Waals surface area contributed by atoms with E-state index in [-0.39, 0.29) is 5.54 Å². The fourth-order valence-corrected chi connectivity index (χ4v) is 2.60. The molecule has 4 nitrogen and oxygen atoms in total. The Balaban J connectivity index is 2.30. The Kier molecular flexibility index (Phi) is 4.27. The van der Waals surface area contributed by atoms with E-state index in [1.165, 1.54) is 19.3 Å². The first-order valence-corrected chi connectivity index (χ1v) is 7.53. The van der Waals surface area contributed by atoms with Crippen molar-refractivity contribution in [2.45, 2.75) is 65.3 Å². The number of anilines is 2. The molecule has 0 radical (unpaired) electrons. The number of aryl methyl sites for hydroxylation is 1. The summed E-state index contributed by atoms with van der Waals surface area (Å²) >= 11 is 0. The summed E-state index contributed by atoms with van der Waals surface area (Å²) in [6.45, 7) is 9.44. The van der Waals surface area contributed by atoms with Crippen LogP contribution in [0.3, 0.4) is 0 Å². The minimum atomic E-state index is 0.271. The van der Waals surface area contributed by atoms with Crippen LogP contribution in [0.2, 0.25) is 0 Å². The highest BCUT2D eigenvalue weighted by Gasteiger charge is 2.35. The minimum absolute atomic E-state index is 0.271. The van der Waals surface area contributed by atoms with Gasteiger partial charge in [0, 0.05) is 24.1 Å². The Morgan fingerprint density at radius 2 is 1.79 bits per heavy atom. The molecule has 1 saturated carbocycles. The first-order valence-electron chi connectivity index (χ1n) is 7.53. The summed E-state index contributed by atoms with van der Waals surface area (Å²) in [5, 5.41) is 7.03. The van der Waals surface area contributed by atoms with Crippen LogP contribution in [0.25, 0.3) is 0 Å². The Hall–Kier alpha value is -1.32. The summed E-state index contributed by atoms with van der Waals surface area (Å²) in [4.78, 5) is 9.26. The van der Waals surface area contributed by atoms with Gasteiger partial charge >= 0.3 is 0 Å². The Morgan fingerprint density at radius 1 is 1.11 bits per heavy atom. The van der Waals surface area contributed by atoms with E-state index in [4.69, 9.17) is 0 Å². The SMILES string of the molecule is CCNc1nc(CC)nc(NC2(CC)CCC2)c1C. The molecule has 19 heavy (non-hydrogen) atoms. The average Bonchev–Trinajstić information content (AvgIpc) is 2.38. The van der Waals surface area contributed by atoms with Crippen LogP contribution in [-0.2, 0) is 6.42 Å². The lowest BCUT2D eigenvalue weighted by molar-refractivity contribution is 0.268. The topological polar surface area (TPSA) is 49.8 Å². The lowest BCUT2D eigenvalue weighted by atomic mass is 9.75. The summed E-state index contributed by atoms with van der Waals surface area (Å²) in [7, 11) is 0. The zero-order valence-corrected chi connectivity index (χ0v) is 12.6. The molecule has 0 aliphatic heterocycles. The molecule has 1 aliphatic rings. The summed E-state index contributed by atoms with van der Waals surface area (Å²) in [6.07, 6.45) is 5.86. The van der Waals surface area contributed by atoms with Crippen molar-refractivity contribution < 1.29 is 0 Å². The number of aromatic nitrogens is 2. The zero-order chi connectivity index (χ0) is 13.9. The van der Waals surface area contributed by atoms with Gasteiger partial charge in [-0.15, -0.1) is 0 Å². The molecule has 0 atom stereocenters. The second kappa shape index (κ2) is 5.76. The van der Waals surface area contributed by atoms with Crippen molar-refractivity contribution in [2.24, 2.45) is 0 Å². The fourth-order valence-electron chi connectivity index (χ4n) is 2.60. The third-order valence-electron chi connectivity index (χ3n) is 4.22. The molecular formula is C15H26N4. The van der Waals surface area contributed by atoms with Crippen molar-refractivity contribution in [1.29, 1.82) is 0 Å². The highest BCUT2D eigenvalue weighted by Crippen LogP contribution is 2.38. The highest BCUT2D eigenvalue weighted by molar-refractivity contribution is 5.58. The van der Waals surface area contributed by atoms with Crippen molar-refractivity contribution >= 4 is 11.6 Å². The van der Waals surface area contributed by atoms with Crippen molar-refractivity contribution in [3.05, 3.63) is 11.4 Å². The molecule has 0 saturated heterocycles. The van der Waals surface area contributed by atoms with E-state index in [9.17, 15) is 0 Å². The van der Waals surface area contributed by atoms with Crippen molar-refractivity contribution in [1.82, 2.24) is 9.97 Å². The number of hydrogen-bond acceptors (Lipinski definition) is 4. The van der Waals surface area contributed by atoms with Crippen LogP contribution in [-0.4, -0.2) is 22.1 Å². The smallest absolute Gasteiger partial charge is 0.135 e. The molecule has 106 valence electrons. The largest absolute Gasteiger partial charge is 0.370 e. The molecule has 1 aromatic rings. The second-order valence-electron chi connectivity index (χ2n) is 5.46. The van der Waals surface area contributed by atoms with Gasteiger partial charge in [-0.2, -0.15) is 0 Å². The van der Waals surface area contributed by atoms with Crippen molar-refractivity contribution in [3.8, 4) is 0 Å². The predicted molar refractivity (Wildman–Crippen MR) is 80.8 cm³/mol. The molecule has 0 amide bonds. The number of rotatable bonds is 6. The molecule has 1 heterocycles. The van der Waals surface area contributed by atoms with Crippen LogP contribution in [0, 0.1) is 6.92 Å². The van der Waals surface area contributed by atoms with Gasteiger partial charge in [-0.3, -0.25) is 0 Å². The number of nitrogens with zero attached hydrogens (tertiary/aromatic N) is 2. The monoisotopic (exact) mass is 262 g/mol. The quantitative estimate of drug-likeness (QED) is 0.823.